The Morgan fingerprint density at radius 3 is 2.27 bits per heavy atom. The molecule has 0 radical (unpaired) electrons. The highest BCUT2D eigenvalue weighted by Gasteiger charge is 2.35. The van der Waals surface area contributed by atoms with E-state index in [0.717, 1.165) is 45.2 Å². The summed E-state index contributed by atoms with van der Waals surface area (Å²) in [6, 6.07) is 5.12. The van der Waals surface area contributed by atoms with Gasteiger partial charge in [-0.3, -0.25) is 0 Å². The van der Waals surface area contributed by atoms with E-state index < -0.39 is 35.6 Å². The molecular weight excluding hydrogens is 588 g/mol. The first-order valence-corrected chi connectivity index (χ1v) is 14.7. The molecule has 1 saturated heterocycles. The second-order valence-electron chi connectivity index (χ2n) is 10.7. The zero-order valence-corrected chi connectivity index (χ0v) is 24.9. The zero-order valence-electron chi connectivity index (χ0n) is 24.9. The van der Waals surface area contributed by atoms with Crippen LogP contribution in [0.5, 0.6) is 17.2 Å². The highest BCUT2D eigenvalue weighted by Crippen LogP contribution is 2.39. The number of rotatable bonds is 4. The van der Waals surface area contributed by atoms with Gasteiger partial charge in [0, 0.05) is 26.2 Å². The maximum Gasteiger partial charge on any atom is 0.419 e. The Labute approximate surface area is 253 Å². The summed E-state index contributed by atoms with van der Waals surface area (Å²) in [5.74, 6) is -2.08. The van der Waals surface area contributed by atoms with Crippen LogP contribution in [0.4, 0.5) is 17.6 Å². The quantitative estimate of drug-likeness (QED) is 0.336. The minimum Gasteiger partial charge on any atom is -0.493 e. The van der Waals surface area contributed by atoms with Gasteiger partial charge in [-0.1, -0.05) is 0 Å². The molecule has 0 aliphatic carbocycles. The first-order valence-electron chi connectivity index (χ1n) is 14.7. The third-order valence-corrected chi connectivity index (χ3v) is 7.69. The summed E-state index contributed by atoms with van der Waals surface area (Å²) < 4.78 is 81.6. The predicted molar refractivity (Wildman–Crippen MR) is 152 cm³/mol. The van der Waals surface area contributed by atoms with E-state index in [4.69, 9.17) is 23.7 Å². The van der Waals surface area contributed by atoms with Crippen LogP contribution >= 0.6 is 0 Å². The third-order valence-electron chi connectivity index (χ3n) is 7.69. The summed E-state index contributed by atoms with van der Waals surface area (Å²) in [4.78, 5) is 30.4. The fraction of sp³-hybridized carbons (Fsp3) is 0.548. The number of fused-ring (bicyclic) bond motifs is 5. The lowest BCUT2D eigenvalue weighted by Crippen LogP contribution is -2.34. The van der Waals surface area contributed by atoms with E-state index in [1.165, 1.54) is 26.4 Å². The molecule has 2 heterocycles. The Bertz CT molecular complexity index is 1290. The molecule has 1 fully saturated rings. The monoisotopic (exact) mass is 626 g/mol. The molecule has 44 heavy (non-hydrogen) atoms. The third kappa shape index (κ3) is 8.98. The molecule has 3 atom stereocenters. The van der Waals surface area contributed by atoms with Crippen LogP contribution in [0.15, 0.2) is 30.3 Å². The van der Waals surface area contributed by atoms with Crippen molar-refractivity contribution in [2.24, 2.45) is 0 Å². The van der Waals surface area contributed by atoms with Crippen LogP contribution in [0.1, 0.15) is 58.4 Å². The lowest BCUT2D eigenvalue weighted by molar-refractivity contribution is -0.140. The summed E-state index contributed by atoms with van der Waals surface area (Å²) in [7, 11) is 2.89. The Hall–Kier alpha value is -3.58. The van der Waals surface area contributed by atoms with E-state index in [-0.39, 0.29) is 30.1 Å². The minimum atomic E-state index is -4.95. The van der Waals surface area contributed by atoms with E-state index in [1.807, 2.05) is 0 Å². The van der Waals surface area contributed by atoms with Gasteiger partial charge in [-0.2, -0.15) is 13.2 Å². The molecule has 0 amide bonds. The van der Waals surface area contributed by atoms with Gasteiger partial charge in [0.05, 0.1) is 44.1 Å². The maximum absolute atomic E-state index is 13.8. The van der Waals surface area contributed by atoms with Crippen LogP contribution in [-0.2, 0) is 15.7 Å². The summed E-state index contributed by atoms with van der Waals surface area (Å²) >= 11 is 0. The molecule has 9 nitrogen and oxygen atoms in total. The van der Waals surface area contributed by atoms with Gasteiger partial charge in [0.15, 0.2) is 11.5 Å². The molecule has 242 valence electrons. The van der Waals surface area contributed by atoms with Gasteiger partial charge >= 0.3 is 18.1 Å². The molecule has 0 saturated carbocycles. The number of hydrogen-bond acceptors (Lipinski definition) is 9. The second kappa shape index (κ2) is 15.4. The van der Waals surface area contributed by atoms with Crippen molar-refractivity contribution in [3.63, 3.8) is 0 Å². The first-order chi connectivity index (χ1) is 21.1. The second-order valence-corrected chi connectivity index (χ2v) is 10.7. The van der Waals surface area contributed by atoms with Crippen LogP contribution in [0, 0.1) is 5.82 Å². The standard InChI is InChI=1S/C31H38F4N2O7/c1-40-26-19-22-20-27(28(26)41-2)42-16-3-6-23(44-30(39)21-7-8-25(32)24(18-21)31(33,34)35)9-13-37-11-4-10-36(14-15-37)12-5-17-43-29(22)38/h7-8,18-20,23H,3-6,9-17H2,1-2H3. The van der Waals surface area contributed by atoms with E-state index in [1.54, 1.807) is 0 Å². The number of esters is 2. The normalized spacial score (nSPS) is 22.3. The molecule has 0 N–H and O–H groups in total. The van der Waals surface area contributed by atoms with E-state index in [9.17, 15) is 27.2 Å². The fourth-order valence-electron chi connectivity index (χ4n) is 5.33. The molecule has 2 aliphatic rings. The number of methoxy groups -OCH3 is 2. The Morgan fingerprint density at radius 2 is 1.57 bits per heavy atom. The smallest absolute Gasteiger partial charge is 0.419 e. The molecule has 4 rings (SSSR count). The number of hydrogen-bond donors (Lipinski definition) is 0. The first kappa shape index (κ1) is 33.3. The molecule has 2 aliphatic heterocycles. The van der Waals surface area contributed by atoms with Gasteiger partial charge in [0.1, 0.15) is 11.9 Å². The zero-order chi connectivity index (χ0) is 31.7. The van der Waals surface area contributed by atoms with Crippen molar-refractivity contribution in [1.82, 2.24) is 9.80 Å². The van der Waals surface area contributed by atoms with Crippen molar-refractivity contribution in [3.05, 3.63) is 52.8 Å². The number of alkyl halides is 3. The highest BCUT2D eigenvalue weighted by atomic mass is 19.4. The van der Waals surface area contributed by atoms with E-state index in [2.05, 4.69) is 9.80 Å². The molecule has 0 spiro atoms. The Morgan fingerprint density at radius 1 is 0.864 bits per heavy atom. The van der Waals surface area contributed by atoms with Gasteiger partial charge < -0.3 is 33.5 Å². The average Bonchev–Trinajstić information content (AvgIpc) is 3.23. The minimum absolute atomic E-state index is 0.152. The van der Waals surface area contributed by atoms with Gasteiger partial charge in [-0.15, -0.1) is 0 Å². The van der Waals surface area contributed by atoms with E-state index >= 15 is 0 Å². The molecule has 2 aromatic rings. The number of cyclic esters (lactones) is 1. The molecule has 0 aromatic heterocycles. The lowest BCUT2D eigenvalue weighted by Gasteiger charge is -2.24. The summed E-state index contributed by atoms with van der Waals surface area (Å²) in [6.07, 6.45) is -2.78. The molecule has 4 bridgehead atoms. The topological polar surface area (TPSA) is 86.8 Å². The summed E-state index contributed by atoms with van der Waals surface area (Å²) in [6.45, 7) is 5.15. The van der Waals surface area contributed by atoms with Gasteiger partial charge in [0.25, 0.3) is 0 Å². The molecule has 13 heteroatoms. The van der Waals surface area contributed by atoms with Crippen molar-refractivity contribution in [3.8, 4) is 17.2 Å². The molecule has 2 aromatic carbocycles. The number of ether oxygens (including phenoxy) is 5. The number of carbonyl (C=O) groups is 2. The van der Waals surface area contributed by atoms with Crippen LogP contribution < -0.4 is 14.2 Å². The molecule has 3 unspecified atom stereocenters. The number of halogens is 4. The van der Waals surface area contributed by atoms with Crippen LogP contribution in [0.25, 0.3) is 0 Å². The van der Waals surface area contributed by atoms with Crippen molar-refractivity contribution in [2.75, 3.05) is 66.7 Å². The lowest BCUT2D eigenvalue weighted by atomic mass is 10.1. The van der Waals surface area contributed by atoms with Crippen molar-refractivity contribution >= 4 is 11.9 Å². The van der Waals surface area contributed by atoms with Crippen LogP contribution in [0.2, 0.25) is 0 Å². The predicted octanol–water partition coefficient (Wildman–Crippen LogP) is 5.20. The largest absolute Gasteiger partial charge is 0.493 e. The fourth-order valence-corrected chi connectivity index (χ4v) is 5.33. The molecular formula is C31H38F4N2O7. The number of carbonyl (C=O) groups excluding carboxylic acids is 2. The van der Waals surface area contributed by atoms with Crippen molar-refractivity contribution < 1.29 is 50.8 Å². The van der Waals surface area contributed by atoms with Gasteiger partial charge in [0.2, 0.25) is 5.75 Å². The average molecular weight is 627 g/mol. The Kier molecular flexibility index (Phi) is 11.7. The maximum atomic E-state index is 13.8. The number of benzene rings is 2. The van der Waals surface area contributed by atoms with E-state index in [0.29, 0.717) is 55.9 Å². The van der Waals surface area contributed by atoms with Crippen molar-refractivity contribution in [1.29, 1.82) is 0 Å². The Balaban J connectivity index is 1.53. The van der Waals surface area contributed by atoms with Gasteiger partial charge in [-0.05, 0) is 75.5 Å². The highest BCUT2D eigenvalue weighted by molar-refractivity contribution is 5.91. The summed E-state index contributed by atoms with van der Waals surface area (Å²) in [5, 5.41) is 0. The van der Waals surface area contributed by atoms with Crippen LogP contribution in [0.3, 0.4) is 0 Å². The number of nitrogens with zero attached hydrogens (tertiary/aromatic N) is 2. The SMILES string of the molecule is COc1cc2cc(c1OC)OCCCC(OC(=O)c1ccc(F)c(C(F)(F)F)c1)CCN1CCCN(CCCOC2=O)CC1. The van der Waals surface area contributed by atoms with Gasteiger partial charge in [-0.25, -0.2) is 14.0 Å². The summed E-state index contributed by atoms with van der Waals surface area (Å²) in [5.41, 5.74) is -1.66. The van der Waals surface area contributed by atoms with Crippen LogP contribution in [-0.4, -0.2) is 94.5 Å². The van der Waals surface area contributed by atoms with Crippen molar-refractivity contribution in [2.45, 2.75) is 44.4 Å².